The van der Waals surface area contributed by atoms with Gasteiger partial charge >= 0.3 is 5.97 Å². The minimum absolute atomic E-state index is 0.0176. The predicted octanol–water partition coefficient (Wildman–Crippen LogP) is 3.50. The van der Waals surface area contributed by atoms with Gasteiger partial charge in [0.25, 0.3) is 5.91 Å². The third-order valence-electron chi connectivity index (χ3n) is 4.17. The van der Waals surface area contributed by atoms with Gasteiger partial charge in [-0.2, -0.15) is 10.3 Å². The molecule has 1 aromatic heterocycles. The van der Waals surface area contributed by atoms with Crippen molar-refractivity contribution in [3.63, 3.8) is 0 Å². The second-order valence-electron chi connectivity index (χ2n) is 6.31. The van der Waals surface area contributed by atoms with Gasteiger partial charge in [-0.15, -0.1) is 0 Å². The van der Waals surface area contributed by atoms with E-state index in [1.807, 2.05) is 26.0 Å². The predicted molar refractivity (Wildman–Crippen MR) is 107 cm³/mol. The number of carbonyl (C=O) groups is 2. The summed E-state index contributed by atoms with van der Waals surface area (Å²) in [6, 6.07) is 12.3. The molecule has 0 aliphatic carbocycles. The van der Waals surface area contributed by atoms with Crippen molar-refractivity contribution in [1.29, 1.82) is 5.26 Å². The first-order valence-electron chi connectivity index (χ1n) is 8.78. The molecular formula is C21H19N3O3S. The van der Waals surface area contributed by atoms with E-state index in [9.17, 15) is 9.59 Å². The number of aromatic nitrogens is 1. The number of amides is 1. The molecule has 0 spiro atoms. The van der Waals surface area contributed by atoms with Gasteiger partial charge in [0.15, 0.2) is 4.80 Å². The molecule has 0 aliphatic rings. The monoisotopic (exact) mass is 393 g/mol. The summed E-state index contributed by atoms with van der Waals surface area (Å²) in [6.45, 7) is 6.00. The van der Waals surface area contributed by atoms with Crippen LogP contribution >= 0.6 is 11.3 Å². The fraction of sp³-hybridized carbons (Fsp3) is 0.238. The molecule has 2 aromatic carbocycles. The average Bonchev–Trinajstić information content (AvgIpc) is 2.99. The van der Waals surface area contributed by atoms with E-state index in [0.717, 1.165) is 21.3 Å². The molecule has 28 heavy (non-hydrogen) atoms. The van der Waals surface area contributed by atoms with Gasteiger partial charge in [-0.3, -0.25) is 9.59 Å². The maximum Gasteiger partial charge on any atom is 0.326 e. The summed E-state index contributed by atoms with van der Waals surface area (Å²) >= 11 is 1.37. The molecule has 0 saturated carbocycles. The van der Waals surface area contributed by atoms with Crippen LogP contribution in [0.25, 0.3) is 10.2 Å². The molecule has 0 bridgehead atoms. The zero-order valence-electron chi connectivity index (χ0n) is 15.9. The number of nitrogens with zero attached hydrogens (tertiary/aromatic N) is 3. The Kier molecular flexibility index (Phi) is 5.71. The summed E-state index contributed by atoms with van der Waals surface area (Å²) in [6.07, 6.45) is 0. The number of thiazole rings is 1. The largest absolute Gasteiger partial charge is 0.465 e. The van der Waals surface area contributed by atoms with Crippen LogP contribution in [0.3, 0.4) is 0 Å². The van der Waals surface area contributed by atoms with E-state index in [-0.39, 0.29) is 19.1 Å². The smallest absolute Gasteiger partial charge is 0.326 e. The van der Waals surface area contributed by atoms with Crippen molar-refractivity contribution in [1.82, 2.24) is 4.57 Å². The Morgan fingerprint density at radius 2 is 1.93 bits per heavy atom. The highest BCUT2D eigenvalue weighted by Gasteiger charge is 2.14. The Balaban J connectivity index is 2.13. The van der Waals surface area contributed by atoms with E-state index in [4.69, 9.17) is 10.00 Å². The minimum Gasteiger partial charge on any atom is -0.465 e. The van der Waals surface area contributed by atoms with Crippen LogP contribution in [0, 0.1) is 25.2 Å². The van der Waals surface area contributed by atoms with E-state index >= 15 is 0 Å². The van der Waals surface area contributed by atoms with Crippen LogP contribution in [0.15, 0.2) is 41.4 Å². The number of esters is 1. The van der Waals surface area contributed by atoms with Crippen LogP contribution in [0.2, 0.25) is 0 Å². The molecule has 0 fully saturated rings. The normalized spacial score (nSPS) is 11.4. The SMILES string of the molecule is CCOC(=O)Cn1c(=NC(=O)c2ccc(C#N)cc2)sc2c(C)cc(C)cc21. The molecule has 0 N–H and O–H groups in total. The molecule has 1 heterocycles. The molecule has 6 nitrogen and oxygen atoms in total. The van der Waals surface area contributed by atoms with E-state index in [2.05, 4.69) is 11.1 Å². The first kappa shape index (κ1) is 19.5. The molecule has 0 radical (unpaired) electrons. The number of hydrogen-bond donors (Lipinski definition) is 0. The third kappa shape index (κ3) is 4.02. The molecular weight excluding hydrogens is 374 g/mol. The van der Waals surface area contributed by atoms with Crippen molar-refractivity contribution in [2.45, 2.75) is 27.3 Å². The fourth-order valence-corrected chi connectivity index (χ4v) is 4.00. The lowest BCUT2D eigenvalue weighted by molar-refractivity contribution is -0.143. The van der Waals surface area contributed by atoms with Crippen molar-refractivity contribution in [3.05, 3.63) is 63.5 Å². The van der Waals surface area contributed by atoms with Crippen LogP contribution in [0.4, 0.5) is 0 Å². The fourth-order valence-electron chi connectivity index (χ4n) is 2.93. The van der Waals surface area contributed by atoms with Crippen molar-refractivity contribution in [2.24, 2.45) is 4.99 Å². The number of aryl methyl sites for hydroxylation is 2. The van der Waals surface area contributed by atoms with Gasteiger partial charge in [-0.05, 0) is 62.2 Å². The second kappa shape index (κ2) is 8.19. The topological polar surface area (TPSA) is 84.5 Å². The van der Waals surface area contributed by atoms with Gasteiger partial charge in [-0.1, -0.05) is 17.4 Å². The van der Waals surface area contributed by atoms with Crippen molar-refractivity contribution >= 4 is 33.4 Å². The lowest BCUT2D eigenvalue weighted by atomic mass is 10.1. The Labute approximate surface area is 166 Å². The van der Waals surface area contributed by atoms with E-state index in [0.29, 0.717) is 15.9 Å². The van der Waals surface area contributed by atoms with Crippen molar-refractivity contribution < 1.29 is 14.3 Å². The standard InChI is InChI=1S/C21H19N3O3S/c1-4-27-18(25)12-24-17-10-13(2)9-14(3)19(17)28-21(24)23-20(26)16-7-5-15(11-22)6-8-16/h5-10H,4,12H2,1-3H3. The number of carbonyl (C=O) groups excluding carboxylic acids is 2. The zero-order chi connectivity index (χ0) is 20.3. The zero-order valence-corrected chi connectivity index (χ0v) is 16.7. The maximum atomic E-state index is 12.6. The third-order valence-corrected chi connectivity index (χ3v) is 5.39. The molecule has 1 amide bonds. The summed E-state index contributed by atoms with van der Waals surface area (Å²) in [5.41, 5.74) is 3.83. The highest BCUT2D eigenvalue weighted by molar-refractivity contribution is 7.16. The molecule has 142 valence electrons. The van der Waals surface area contributed by atoms with Gasteiger partial charge < -0.3 is 9.30 Å². The number of ether oxygens (including phenoxy) is 1. The molecule has 3 rings (SSSR count). The van der Waals surface area contributed by atoms with E-state index in [1.54, 1.807) is 35.8 Å². The molecule has 0 aliphatic heterocycles. The first-order valence-corrected chi connectivity index (χ1v) is 9.60. The molecule has 7 heteroatoms. The van der Waals surface area contributed by atoms with Crippen LogP contribution in [-0.2, 0) is 16.1 Å². The minimum atomic E-state index is -0.428. The van der Waals surface area contributed by atoms with Crippen LogP contribution in [-0.4, -0.2) is 23.1 Å². The Morgan fingerprint density at radius 3 is 2.57 bits per heavy atom. The highest BCUT2D eigenvalue weighted by Crippen LogP contribution is 2.23. The lowest BCUT2D eigenvalue weighted by Gasteiger charge is -2.06. The Morgan fingerprint density at radius 1 is 1.21 bits per heavy atom. The quantitative estimate of drug-likeness (QED) is 0.635. The molecule has 3 aromatic rings. The summed E-state index contributed by atoms with van der Waals surface area (Å²) in [5.74, 6) is -0.809. The van der Waals surface area contributed by atoms with Crippen LogP contribution in [0.5, 0.6) is 0 Å². The summed E-state index contributed by atoms with van der Waals surface area (Å²) in [5, 5.41) is 8.89. The van der Waals surface area contributed by atoms with Crippen molar-refractivity contribution in [2.75, 3.05) is 6.61 Å². The first-order chi connectivity index (χ1) is 13.4. The molecule has 0 unspecified atom stereocenters. The maximum absolute atomic E-state index is 12.6. The highest BCUT2D eigenvalue weighted by atomic mass is 32.1. The summed E-state index contributed by atoms with van der Waals surface area (Å²) in [4.78, 5) is 29.4. The summed E-state index contributed by atoms with van der Waals surface area (Å²) in [7, 11) is 0. The van der Waals surface area contributed by atoms with Gasteiger partial charge in [-0.25, -0.2) is 0 Å². The van der Waals surface area contributed by atoms with Gasteiger partial charge in [0.1, 0.15) is 6.54 Å². The Bertz CT molecular complexity index is 1160. The van der Waals surface area contributed by atoms with Crippen molar-refractivity contribution in [3.8, 4) is 6.07 Å². The molecule has 0 atom stereocenters. The van der Waals surface area contributed by atoms with Gasteiger partial charge in [0, 0.05) is 5.56 Å². The Hall–Kier alpha value is -3.24. The van der Waals surface area contributed by atoms with Gasteiger partial charge in [0.2, 0.25) is 0 Å². The number of rotatable bonds is 4. The van der Waals surface area contributed by atoms with Crippen LogP contribution < -0.4 is 4.80 Å². The number of hydrogen-bond acceptors (Lipinski definition) is 5. The van der Waals surface area contributed by atoms with Gasteiger partial charge in [0.05, 0.1) is 28.5 Å². The lowest BCUT2D eigenvalue weighted by Crippen LogP contribution is -2.23. The van der Waals surface area contributed by atoms with E-state index < -0.39 is 5.91 Å². The number of fused-ring (bicyclic) bond motifs is 1. The number of nitriles is 1. The van der Waals surface area contributed by atoms with E-state index in [1.165, 1.54) is 11.3 Å². The van der Waals surface area contributed by atoms with Crippen LogP contribution in [0.1, 0.15) is 34.0 Å². The average molecular weight is 393 g/mol. The number of benzene rings is 2. The molecule has 0 saturated heterocycles. The summed E-state index contributed by atoms with van der Waals surface area (Å²) < 4.78 is 7.78. The second-order valence-corrected chi connectivity index (χ2v) is 7.29.